The van der Waals surface area contributed by atoms with Crippen molar-refractivity contribution in [3.05, 3.63) is 0 Å². The number of urea groups is 1. The highest BCUT2D eigenvalue weighted by molar-refractivity contribution is 6.07. The molecule has 0 bridgehead atoms. The van der Waals surface area contributed by atoms with Gasteiger partial charge >= 0.3 is 6.03 Å². The van der Waals surface area contributed by atoms with Crippen LogP contribution in [0.2, 0.25) is 0 Å². The van der Waals surface area contributed by atoms with E-state index in [1.54, 1.807) is 0 Å². The summed E-state index contributed by atoms with van der Waals surface area (Å²) in [6, 6.07) is -2.22. The summed E-state index contributed by atoms with van der Waals surface area (Å²) >= 11 is 0. The van der Waals surface area contributed by atoms with E-state index in [1.165, 1.54) is 77.0 Å². The molecule has 0 radical (unpaired) electrons. The standard InChI is InChI=1S/C35H67N7O4/c1-6-7-8-9-10-11-12-13-14-15-16-17-18-19-26-31(43)37-27-22-20-24-29-33(45)42(35(46)39-29)30(32(36)44)25-21-23-28-38-34(40(2)3)41(4)5/h29-30H,6-28H2,1-5H3,(H2,36,44)(H,37,43)(H,39,46)/t29-,30-/m0/s1. The maximum Gasteiger partial charge on any atom is 0.325 e. The molecule has 266 valence electrons. The van der Waals surface area contributed by atoms with Crippen LogP contribution in [0.3, 0.4) is 0 Å². The van der Waals surface area contributed by atoms with Crippen molar-refractivity contribution in [1.82, 2.24) is 25.3 Å². The van der Waals surface area contributed by atoms with Crippen LogP contribution >= 0.6 is 0 Å². The van der Waals surface area contributed by atoms with Crippen LogP contribution in [-0.4, -0.2) is 97.8 Å². The van der Waals surface area contributed by atoms with Gasteiger partial charge in [-0.3, -0.25) is 19.4 Å². The van der Waals surface area contributed by atoms with Crippen LogP contribution in [0.4, 0.5) is 4.79 Å². The largest absolute Gasteiger partial charge is 0.368 e. The second-order valence-electron chi connectivity index (χ2n) is 13.3. The number of aliphatic imine (C=N–C) groups is 1. The Morgan fingerprint density at radius 1 is 0.804 bits per heavy atom. The normalized spacial score (nSPS) is 15.1. The minimum absolute atomic E-state index is 0.0741. The van der Waals surface area contributed by atoms with E-state index in [0.29, 0.717) is 58.0 Å². The zero-order chi connectivity index (χ0) is 34.2. The minimum atomic E-state index is -0.974. The Morgan fingerprint density at radius 2 is 1.35 bits per heavy atom. The van der Waals surface area contributed by atoms with Gasteiger partial charge in [0.05, 0.1) is 0 Å². The molecule has 5 amide bonds. The van der Waals surface area contributed by atoms with E-state index in [0.717, 1.165) is 23.7 Å². The molecule has 1 fully saturated rings. The lowest BCUT2D eigenvalue weighted by Gasteiger charge is -2.23. The van der Waals surface area contributed by atoms with Gasteiger partial charge in [-0.15, -0.1) is 0 Å². The number of imide groups is 1. The molecule has 0 spiro atoms. The van der Waals surface area contributed by atoms with Gasteiger partial charge in [0.15, 0.2) is 5.96 Å². The molecule has 11 heteroatoms. The number of guanidine groups is 1. The SMILES string of the molecule is CCCCCCCCCCCCCCCCC(=O)NCCCC[C@@H]1NC(=O)N([C@@H](CCCCN=C(N(C)C)N(C)C)C(N)=O)C1=O. The number of rotatable bonds is 27. The summed E-state index contributed by atoms with van der Waals surface area (Å²) < 4.78 is 0. The van der Waals surface area contributed by atoms with E-state index >= 15 is 0 Å². The summed E-state index contributed by atoms with van der Waals surface area (Å²) in [5.74, 6) is -0.175. The van der Waals surface area contributed by atoms with Gasteiger partial charge in [0.1, 0.15) is 12.1 Å². The maximum atomic E-state index is 13.0. The number of carbonyl (C=O) groups is 4. The summed E-state index contributed by atoms with van der Waals surface area (Å²) in [6.45, 7) is 3.37. The van der Waals surface area contributed by atoms with Crippen LogP contribution in [-0.2, 0) is 14.4 Å². The number of hydrogen-bond acceptors (Lipinski definition) is 5. The van der Waals surface area contributed by atoms with Crippen molar-refractivity contribution in [1.29, 1.82) is 0 Å². The van der Waals surface area contributed by atoms with Crippen LogP contribution in [0.1, 0.15) is 142 Å². The smallest absolute Gasteiger partial charge is 0.325 e. The van der Waals surface area contributed by atoms with E-state index in [4.69, 9.17) is 5.73 Å². The van der Waals surface area contributed by atoms with Gasteiger partial charge in [0.2, 0.25) is 11.8 Å². The summed E-state index contributed by atoms with van der Waals surface area (Å²) in [5.41, 5.74) is 5.60. The highest BCUT2D eigenvalue weighted by Gasteiger charge is 2.43. The predicted octanol–water partition coefficient (Wildman–Crippen LogP) is 5.57. The van der Waals surface area contributed by atoms with Crippen molar-refractivity contribution in [3.8, 4) is 0 Å². The number of nitrogens with two attached hydrogens (primary N) is 1. The quantitative estimate of drug-likeness (QED) is 0.0460. The molecule has 11 nitrogen and oxygen atoms in total. The van der Waals surface area contributed by atoms with Crippen molar-refractivity contribution in [2.45, 2.75) is 154 Å². The molecule has 2 atom stereocenters. The molecule has 0 aliphatic carbocycles. The van der Waals surface area contributed by atoms with Crippen molar-refractivity contribution >= 4 is 29.7 Å². The second-order valence-corrected chi connectivity index (χ2v) is 13.3. The predicted molar refractivity (Wildman–Crippen MR) is 187 cm³/mol. The van der Waals surface area contributed by atoms with Gasteiger partial charge in [0.25, 0.3) is 5.91 Å². The van der Waals surface area contributed by atoms with Crippen LogP contribution in [0.25, 0.3) is 0 Å². The van der Waals surface area contributed by atoms with Gasteiger partial charge in [0, 0.05) is 47.7 Å². The number of amides is 5. The fourth-order valence-electron chi connectivity index (χ4n) is 6.02. The van der Waals surface area contributed by atoms with E-state index in [1.807, 2.05) is 38.0 Å². The Balaban J connectivity index is 2.16. The highest BCUT2D eigenvalue weighted by atomic mass is 16.2. The zero-order valence-electron chi connectivity index (χ0n) is 29.9. The molecular formula is C35H67N7O4. The molecule has 0 aromatic carbocycles. The van der Waals surface area contributed by atoms with Crippen molar-refractivity contribution in [2.75, 3.05) is 41.3 Å². The van der Waals surface area contributed by atoms with Crippen molar-refractivity contribution in [3.63, 3.8) is 0 Å². The van der Waals surface area contributed by atoms with Gasteiger partial charge in [-0.1, -0.05) is 90.4 Å². The molecule has 0 unspecified atom stereocenters. The first-order valence-corrected chi connectivity index (χ1v) is 18.2. The lowest BCUT2D eigenvalue weighted by molar-refractivity contribution is -0.135. The Morgan fingerprint density at radius 3 is 1.87 bits per heavy atom. The average Bonchev–Trinajstić information content (AvgIpc) is 3.28. The Hall–Kier alpha value is -2.85. The third kappa shape index (κ3) is 17.7. The molecule has 46 heavy (non-hydrogen) atoms. The fourth-order valence-corrected chi connectivity index (χ4v) is 6.02. The lowest BCUT2D eigenvalue weighted by atomic mass is 10.0. The minimum Gasteiger partial charge on any atom is -0.368 e. The zero-order valence-corrected chi connectivity index (χ0v) is 29.9. The van der Waals surface area contributed by atoms with E-state index in [2.05, 4.69) is 22.5 Å². The molecule has 1 rings (SSSR count). The fraction of sp³-hybridized carbons (Fsp3) is 0.857. The van der Waals surface area contributed by atoms with Gasteiger partial charge in [-0.05, 0) is 44.9 Å². The Labute approximate surface area is 279 Å². The topological polar surface area (TPSA) is 140 Å². The van der Waals surface area contributed by atoms with Crippen LogP contribution in [0.5, 0.6) is 0 Å². The Bertz CT molecular complexity index is 899. The summed E-state index contributed by atoms with van der Waals surface area (Å²) in [5, 5.41) is 5.68. The first kappa shape index (κ1) is 41.2. The molecule has 0 aromatic heterocycles. The number of hydrogen-bond donors (Lipinski definition) is 3. The van der Waals surface area contributed by atoms with Crippen molar-refractivity contribution in [2.24, 2.45) is 10.7 Å². The van der Waals surface area contributed by atoms with E-state index in [-0.39, 0.29) is 5.91 Å². The average molecular weight is 650 g/mol. The molecule has 0 saturated carbocycles. The number of primary amides is 1. The summed E-state index contributed by atoms with van der Waals surface area (Å²) in [7, 11) is 7.70. The maximum absolute atomic E-state index is 13.0. The molecule has 1 aliphatic rings. The monoisotopic (exact) mass is 650 g/mol. The summed E-state index contributed by atoms with van der Waals surface area (Å²) in [4.78, 5) is 59.4. The van der Waals surface area contributed by atoms with Gasteiger partial charge in [-0.25, -0.2) is 9.69 Å². The molecule has 1 heterocycles. The number of nitrogens with zero attached hydrogens (tertiary/aromatic N) is 4. The lowest BCUT2D eigenvalue weighted by Crippen LogP contribution is -2.48. The first-order valence-electron chi connectivity index (χ1n) is 18.2. The van der Waals surface area contributed by atoms with E-state index < -0.39 is 29.9 Å². The first-order chi connectivity index (χ1) is 22.1. The van der Waals surface area contributed by atoms with E-state index in [9.17, 15) is 19.2 Å². The second kappa shape index (κ2) is 25.3. The number of nitrogens with one attached hydrogen (secondary N) is 2. The van der Waals surface area contributed by atoms with Crippen LogP contribution < -0.4 is 16.4 Å². The van der Waals surface area contributed by atoms with Crippen LogP contribution in [0, 0.1) is 0 Å². The number of unbranched alkanes of at least 4 members (excludes halogenated alkanes) is 15. The third-order valence-electron chi connectivity index (χ3n) is 8.63. The molecule has 1 aliphatic heterocycles. The van der Waals surface area contributed by atoms with Crippen molar-refractivity contribution < 1.29 is 19.2 Å². The molecule has 1 saturated heterocycles. The third-order valence-corrected chi connectivity index (χ3v) is 8.63. The van der Waals surface area contributed by atoms with Crippen LogP contribution in [0.15, 0.2) is 4.99 Å². The van der Waals surface area contributed by atoms with Gasteiger partial charge in [-0.2, -0.15) is 0 Å². The van der Waals surface area contributed by atoms with Gasteiger partial charge < -0.3 is 26.2 Å². The highest BCUT2D eigenvalue weighted by Crippen LogP contribution is 2.19. The molecule has 0 aromatic rings. The Kier molecular flexibility index (Phi) is 22.6. The molecule has 4 N–H and O–H groups in total. The summed E-state index contributed by atoms with van der Waals surface area (Å²) in [6.07, 6.45) is 22.1. The molecular weight excluding hydrogens is 582 g/mol. The number of carbonyl (C=O) groups excluding carboxylic acids is 4.